The Bertz CT molecular complexity index is 2850. The lowest BCUT2D eigenvalue weighted by molar-refractivity contribution is 0.668. The molecule has 0 aliphatic heterocycles. The van der Waals surface area contributed by atoms with Crippen molar-refractivity contribution >= 4 is 43.9 Å². The van der Waals surface area contributed by atoms with Crippen LogP contribution in [0.2, 0.25) is 0 Å². The molecule has 0 saturated heterocycles. The largest absolute Gasteiger partial charge is 0.456 e. The molecule has 3 aromatic heterocycles. The Morgan fingerprint density at radius 3 is 1.56 bits per heavy atom. The summed E-state index contributed by atoms with van der Waals surface area (Å²) in [7, 11) is 0. The van der Waals surface area contributed by atoms with E-state index in [2.05, 4.69) is 103 Å². The van der Waals surface area contributed by atoms with Crippen LogP contribution in [0.5, 0.6) is 0 Å². The van der Waals surface area contributed by atoms with E-state index in [1.54, 1.807) is 0 Å². The minimum atomic E-state index is 0.563. The third kappa shape index (κ3) is 4.67. The second-order valence-electron chi connectivity index (χ2n) is 12.4. The van der Waals surface area contributed by atoms with Crippen LogP contribution in [0.15, 0.2) is 173 Å². The molecule has 0 amide bonds. The highest BCUT2D eigenvalue weighted by Crippen LogP contribution is 2.39. The van der Waals surface area contributed by atoms with Gasteiger partial charge in [-0.1, -0.05) is 133 Å². The highest BCUT2D eigenvalue weighted by molar-refractivity contribution is 6.13. The van der Waals surface area contributed by atoms with E-state index in [-0.39, 0.29) is 0 Å². The average Bonchev–Trinajstić information content (AvgIpc) is 3.77. The molecule has 50 heavy (non-hydrogen) atoms. The quantitative estimate of drug-likeness (QED) is 0.187. The second kappa shape index (κ2) is 11.4. The van der Waals surface area contributed by atoms with Crippen LogP contribution in [0.1, 0.15) is 0 Å². The third-order valence-electron chi connectivity index (χ3n) is 9.37. The van der Waals surface area contributed by atoms with Crippen molar-refractivity contribution in [1.29, 1.82) is 0 Å². The molecule has 0 fully saturated rings. The van der Waals surface area contributed by atoms with Gasteiger partial charge in [-0.15, -0.1) is 0 Å². The van der Waals surface area contributed by atoms with Gasteiger partial charge in [-0.3, -0.25) is 0 Å². The molecule has 0 unspecified atom stereocenters. The first kappa shape index (κ1) is 28.2. The molecule has 0 aliphatic carbocycles. The summed E-state index contributed by atoms with van der Waals surface area (Å²) in [5.41, 5.74) is 10.4. The molecule has 5 nitrogen and oxygen atoms in total. The summed E-state index contributed by atoms with van der Waals surface area (Å²) in [5, 5.41) is 4.14. The van der Waals surface area contributed by atoms with Gasteiger partial charge in [0.2, 0.25) is 0 Å². The van der Waals surface area contributed by atoms with E-state index >= 15 is 0 Å². The van der Waals surface area contributed by atoms with Gasteiger partial charge in [-0.25, -0.2) is 15.0 Å². The summed E-state index contributed by atoms with van der Waals surface area (Å²) >= 11 is 0. The van der Waals surface area contributed by atoms with Crippen LogP contribution < -0.4 is 0 Å². The SMILES string of the molecule is c1ccc(-c2ccc(-c3nc(-c4ccc5c(c4)oc4cccc(-c6ccccc6)c45)nc(-c4cccc5oc6ccccc6c45)n3)cc2)cc1. The van der Waals surface area contributed by atoms with E-state index in [4.69, 9.17) is 23.8 Å². The Morgan fingerprint density at radius 2 is 0.800 bits per heavy atom. The van der Waals surface area contributed by atoms with Gasteiger partial charge in [-0.2, -0.15) is 0 Å². The molecule has 7 aromatic carbocycles. The standard InChI is InChI=1S/C45H27N3O2/c1-3-11-28(12-4-1)29-21-23-31(24-22-29)43-46-44(48-45(47-43)36-17-10-20-39-42(36)34-15-7-8-18-37(34)49-39)32-25-26-35-40(27-32)50-38-19-9-16-33(41(35)38)30-13-5-2-6-14-30/h1-27H. The van der Waals surface area contributed by atoms with Gasteiger partial charge in [0.05, 0.1) is 0 Å². The third-order valence-corrected chi connectivity index (χ3v) is 9.37. The molecule has 10 rings (SSSR count). The number of benzene rings is 7. The number of rotatable bonds is 5. The molecule has 0 saturated carbocycles. The number of para-hydroxylation sites is 1. The Labute approximate surface area is 287 Å². The fourth-order valence-electron chi connectivity index (χ4n) is 6.98. The molecule has 0 radical (unpaired) electrons. The minimum Gasteiger partial charge on any atom is -0.456 e. The van der Waals surface area contributed by atoms with Gasteiger partial charge in [0.1, 0.15) is 22.3 Å². The first-order valence-electron chi connectivity index (χ1n) is 16.6. The molecule has 5 heteroatoms. The number of hydrogen-bond donors (Lipinski definition) is 0. The number of hydrogen-bond acceptors (Lipinski definition) is 5. The lowest BCUT2D eigenvalue weighted by Crippen LogP contribution is -2.00. The fraction of sp³-hybridized carbons (Fsp3) is 0. The van der Waals surface area contributed by atoms with E-state index in [1.165, 1.54) is 0 Å². The lowest BCUT2D eigenvalue weighted by Gasteiger charge is -2.10. The van der Waals surface area contributed by atoms with Crippen molar-refractivity contribution < 1.29 is 8.83 Å². The fourth-order valence-corrected chi connectivity index (χ4v) is 6.98. The van der Waals surface area contributed by atoms with Crippen molar-refractivity contribution in [3.63, 3.8) is 0 Å². The molecular formula is C45H27N3O2. The zero-order valence-electron chi connectivity index (χ0n) is 26.7. The highest BCUT2D eigenvalue weighted by atomic mass is 16.3. The number of furan rings is 2. The van der Waals surface area contributed by atoms with E-state index in [0.717, 1.165) is 82.8 Å². The maximum atomic E-state index is 6.47. The number of nitrogens with zero attached hydrogens (tertiary/aromatic N) is 3. The molecule has 10 aromatic rings. The Hall–Kier alpha value is -6.85. The summed E-state index contributed by atoms with van der Waals surface area (Å²) < 4.78 is 12.7. The van der Waals surface area contributed by atoms with Crippen LogP contribution in [0.3, 0.4) is 0 Å². The van der Waals surface area contributed by atoms with Crippen LogP contribution in [0.25, 0.3) is 100 Å². The Kier molecular flexibility index (Phi) is 6.42. The van der Waals surface area contributed by atoms with Gasteiger partial charge < -0.3 is 8.83 Å². The van der Waals surface area contributed by atoms with Gasteiger partial charge >= 0.3 is 0 Å². The summed E-state index contributed by atoms with van der Waals surface area (Å²) in [6.45, 7) is 0. The van der Waals surface area contributed by atoms with Crippen LogP contribution in [-0.2, 0) is 0 Å². The van der Waals surface area contributed by atoms with E-state index < -0.39 is 0 Å². The smallest absolute Gasteiger partial charge is 0.164 e. The topological polar surface area (TPSA) is 65.0 Å². The van der Waals surface area contributed by atoms with Crippen molar-refractivity contribution in [3.05, 3.63) is 164 Å². The monoisotopic (exact) mass is 641 g/mol. The van der Waals surface area contributed by atoms with Gasteiger partial charge in [0, 0.05) is 38.2 Å². The average molecular weight is 642 g/mol. The van der Waals surface area contributed by atoms with Crippen LogP contribution >= 0.6 is 0 Å². The number of aromatic nitrogens is 3. The number of fused-ring (bicyclic) bond motifs is 6. The van der Waals surface area contributed by atoms with E-state index in [1.807, 2.05) is 60.7 Å². The first-order valence-corrected chi connectivity index (χ1v) is 16.6. The van der Waals surface area contributed by atoms with Crippen LogP contribution in [0, 0.1) is 0 Å². The zero-order chi connectivity index (χ0) is 33.0. The normalized spacial score (nSPS) is 11.6. The highest BCUT2D eigenvalue weighted by Gasteiger charge is 2.19. The summed E-state index contributed by atoms with van der Waals surface area (Å²) in [5.74, 6) is 1.73. The van der Waals surface area contributed by atoms with E-state index in [9.17, 15) is 0 Å². The van der Waals surface area contributed by atoms with E-state index in [0.29, 0.717) is 17.5 Å². The molecule has 234 valence electrons. The van der Waals surface area contributed by atoms with Crippen molar-refractivity contribution in [3.8, 4) is 56.4 Å². The molecule has 0 spiro atoms. The summed E-state index contributed by atoms with van der Waals surface area (Å²) in [6.07, 6.45) is 0. The Balaban J connectivity index is 1.16. The van der Waals surface area contributed by atoms with Crippen LogP contribution in [0.4, 0.5) is 0 Å². The predicted octanol–water partition coefficient (Wildman–Crippen LogP) is 12.0. The minimum absolute atomic E-state index is 0.563. The molecule has 0 atom stereocenters. The van der Waals surface area contributed by atoms with Gasteiger partial charge in [0.15, 0.2) is 17.5 Å². The van der Waals surface area contributed by atoms with Crippen molar-refractivity contribution in [1.82, 2.24) is 15.0 Å². The summed E-state index contributed by atoms with van der Waals surface area (Å²) in [4.78, 5) is 15.3. The zero-order valence-corrected chi connectivity index (χ0v) is 26.7. The molecule has 0 aliphatic rings. The van der Waals surface area contributed by atoms with Crippen molar-refractivity contribution in [2.75, 3.05) is 0 Å². The molecular weight excluding hydrogens is 615 g/mol. The molecule has 3 heterocycles. The predicted molar refractivity (Wildman–Crippen MR) is 202 cm³/mol. The maximum absolute atomic E-state index is 6.47. The lowest BCUT2D eigenvalue weighted by atomic mass is 9.99. The molecule has 0 bridgehead atoms. The maximum Gasteiger partial charge on any atom is 0.164 e. The molecule has 0 N–H and O–H groups in total. The summed E-state index contributed by atoms with van der Waals surface area (Å²) in [6, 6.07) is 55.7. The first-order chi connectivity index (χ1) is 24.8. The van der Waals surface area contributed by atoms with Gasteiger partial charge in [0.25, 0.3) is 0 Å². The second-order valence-corrected chi connectivity index (χ2v) is 12.4. The van der Waals surface area contributed by atoms with Crippen molar-refractivity contribution in [2.45, 2.75) is 0 Å². The van der Waals surface area contributed by atoms with Crippen LogP contribution in [-0.4, -0.2) is 15.0 Å². The Morgan fingerprint density at radius 1 is 0.300 bits per heavy atom. The van der Waals surface area contributed by atoms with Crippen molar-refractivity contribution in [2.24, 2.45) is 0 Å². The van der Waals surface area contributed by atoms with Gasteiger partial charge in [-0.05, 0) is 52.6 Å².